The molecule has 9 heteroatoms. The Bertz CT molecular complexity index is 1050. The van der Waals surface area contributed by atoms with Crippen LogP contribution in [0.15, 0.2) is 47.7 Å². The van der Waals surface area contributed by atoms with E-state index in [2.05, 4.69) is 20.6 Å². The quantitative estimate of drug-likeness (QED) is 0.296. The van der Waals surface area contributed by atoms with Gasteiger partial charge in [0.15, 0.2) is 5.96 Å². The van der Waals surface area contributed by atoms with E-state index < -0.39 is 11.6 Å². The summed E-state index contributed by atoms with van der Waals surface area (Å²) >= 11 is 0. The number of aromatic nitrogens is 2. The molecule has 1 atom stereocenters. The number of imidazole rings is 1. The highest BCUT2D eigenvalue weighted by atomic mass is 127. The molecule has 0 amide bonds. The van der Waals surface area contributed by atoms with Crippen molar-refractivity contribution in [3.05, 3.63) is 65.6 Å². The Labute approximate surface area is 197 Å². The van der Waals surface area contributed by atoms with Crippen molar-refractivity contribution in [3.63, 3.8) is 0 Å². The number of aliphatic imine (C=N–C) groups is 1. The molecule has 0 bridgehead atoms. The van der Waals surface area contributed by atoms with Gasteiger partial charge in [0, 0.05) is 51.5 Å². The van der Waals surface area contributed by atoms with Gasteiger partial charge in [-0.05, 0) is 37.1 Å². The highest BCUT2D eigenvalue weighted by molar-refractivity contribution is 14.0. The molecule has 31 heavy (non-hydrogen) atoms. The average Bonchev–Trinajstić information content (AvgIpc) is 3.35. The lowest BCUT2D eigenvalue weighted by Gasteiger charge is -2.21. The summed E-state index contributed by atoms with van der Waals surface area (Å²) in [6, 6.07) is 8.09. The number of nitrogens with one attached hydrogen (secondary N) is 2. The first kappa shape index (κ1) is 23.2. The molecule has 3 heterocycles. The molecule has 4 rings (SSSR count). The van der Waals surface area contributed by atoms with E-state index in [1.807, 2.05) is 35.9 Å². The Hall–Kier alpha value is -2.43. The summed E-state index contributed by atoms with van der Waals surface area (Å²) in [5.41, 5.74) is 3.17. The third-order valence-corrected chi connectivity index (χ3v) is 5.41. The molecule has 1 aliphatic heterocycles. The van der Waals surface area contributed by atoms with Crippen molar-refractivity contribution >= 4 is 41.3 Å². The third-order valence-electron chi connectivity index (χ3n) is 5.41. The number of guanidine groups is 1. The summed E-state index contributed by atoms with van der Waals surface area (Å²) < 4.78 is 30.1. The minimum absolute atomic E-state index is 0. The highest BCUT2D eigenvalue weighted by Crippen LogP contribution is 2.26. The second kappa shape index (κ2) is 10.3. The summed E-state index contributed by atoms with van der Waals surface area (Å²) in [7, 11) is 1.72. The Balaban J connectivity index is 0.00000272. The van der Waals surface area contributed by atoms with Gasteiger partial charge in [0.05, 0.1) is 5.69 Å². The smallest absolute Gasteiger partial charge is 0.191 e. The van der Waals surface area contributed by atoms with Gasteiger partial charge in [-0.2, -0.15) is 0 Å². The summed E-state index contributed by atoms with van der Waals surface area (Å²) in [6.07, 6.45) is 5.58. The van der Waals surface area contributed by atoms with Gasteiger partial charge in [0.1, 0.15) is 23.0 Å². The summed E-state index contributed by atoms with van der Waals surface area (Å²) in [6.45, 7) is 3.84. The molecule has 0 radical (unpaired) electrons. The molecule has 6 nitrogen and oxygen atoms in total. The van der Waals surface area contributed by atoms with Crippen molar-refractivity contribution in [2.75, 3.05) is 31.6 Å². The number of benzene rings is 1. The molecule has 2 aromatic heterocycles. The van der Waals surface area contributed by atoms with Crippen LogP contribution < -0.4 is 15.5 Å². The molecule has 0 spiro atoms. The Kier molecular flexibility index (Phi) is 7.69. The molecule has 1 fully saturated rings. The second-order valence-corrected chi connectivity index (χ2v) is 7.55. The number of anilines is 1. The maximum absolute atomic E-state index is 14.0. The lowest BCUT2D eigenvalue weighted by Crippen LogP contribution is -2.45. The van der Waals surface area contributed by atoms with E-state index in [0.29, 0.717) is 25.6 Å². The number of hydrogen-bond acceptors (Lipinski definition) is 3. The molecule has 166 valence electrons. The second-order valence-electron chi connectivity index (χ2n) is 7.55. The van der Waals surface area contributed by atoms with E-state index in [1.165, 1.54) is 18.2 Å². The Morgan fingerprint density at radius 1 is 1.23 bits per heavy atom. The van der Waals surface area contributed by atoms with Crippen LogP contribution in [0.1, 0.15) is 17.7 Å². The van der Waals surface area contributed by atoms with Crippen LogP contribution in [0.25, 0.3) is 5.65 Å². The van der Waals surface area contributed by atoms with Gasteiger partial charge in [-0.3, -0.25) is 4.99 Å². The van der Waals surface area contributed by atoms with Crippen LogP contribution in [0.4, 0.5) is 14.5 Å². The molecule has 3 aromatic rings. The Morgan fingerprint density at radius 2 is 2.00 bits per heavy atom. The van der Waals surface area contributed by atoms with E-state index >= 15 is 0 Å². The number of pyridine rings is 1. The van der Waals surface area contributed by atoms with Crippen molar-refractivity contribution in [2.45, 2.75) is 25.8 Å². The minimum Gasteiger partial charge on any atom is -0.365 e. The van der Waals surface area contributed by atoms with Crippen molar-refractivity contribution < 1.29 is 8.78 Å². The van der Waals surface area contributed by atoms with Gasteiger partial charge in [0.2, 0.25) is 0 Å². The number of para-hydroxylation sites is 1. The number of aryl methyl sites for hydroxylation is 1. The van der Waals surface area contributed by atoms with Crippen LogP contribution in [-0.2, 0) is 6.42 Å². The number of hydrogen-bond donors (Lipinski definition) is 2. The van der Waals surface area contributed by atoms with Crippen LogP contribution in [0.3, 0.4) is 0 Å². The average molecular weight is 540 g/mol. The molecule has 0 aliphatic carbocycles. The molecule has 1 aliphatic rings. The third kappa shape index (κ3) is 5.25. The van der Waals surface area contributed by atoms with Crippen LogP contribution in [0, 0.1) is 18.6 Å². The number of rotatable bonds is 5. The van der Waals surface area contributed by atoms with Crippen molar-refractivity contribution in [2.24, 2.45) is 4.99 Å². The zero-order valence-electron chi connectivity index (χ0n) is 17.6. The van der Waals surface area contributed by atoms with Crippen LogP contribution >= 0.6 is 24.0 Å². The number of halogens is 3. The topological polar surface area (TPSA) is 57.0 Å². The van der Waals surface area contributed by atoms with Crippen molar-refractivity contribution in [1.82, 2.24) is 20.0 Å². The fourth-order valence-electron chi connectivity index (χ4n) is 3.89. The summed E-state index contributed by atoms with van der Waals surface area (Å²) in [5, 5.41) is 6.66. The predicted octanol–water partition coefficient (Wildman–Crippen LogP) is 3.53. The van der Waals surface area contributed by atoms with Crippen molar-refractivity contribution in [3.8, 4) is 0 Å². The van der Waals surface area contributed by atoms with E-state index in [9.17, 15) is 8.78 Å². The van der Waals surface area contributed by atoms with Gasteiger partial charge in [0.25, 0.3) is 0 Å². The lowest BCUT2D eigenvalue weighted by atomic mass is 10.2. The first-order valence-corrected chi connectivity index (χ1v) is 10.1. The van der Waals surface area contributed by atoms with Crippen LogP contribution in [-0.4, -0.2) is 48.1 Å². The van der Waals surface area contributed by atoms with Crippen LogP contribution in [0.5, 0.6) is 0 Å². The maximum atomic E-state index is 14.0. The molecule has 1 saturated heterocycles. The fourth-order valence-corrected chi connectivity index (χ4v) is 3.89. The molecular weight excluding hydrogens is 513 g/mol. The molecule has 1 aromatic carbocycles. The van der Waals surface area contributed by atoms with Crippen LogP contribution in [0.2, 0.25) is 0 Å². The minimum atomic E-state index is -0.527. The van der Waals surface area contributed by atoms with Gasteiger partial charge in [-0.15, -0.1) is 24.0 Å². The zero-order chi connectivity index (χ0) is 21.1. The molecule has 1 unspecified atom stereocenters. The van der Waals surface area contributed by atoms with Gasteiger partial charge < -0.3 is 19.9 Å². The lowest BCUT2D eigenvalue weighted by molar-refractivity contribution is 0.576. The first-order valence-electron chi connectivity index (χ1n) is 10.1. The largest absolute Gasteiger partial charge is 0.365 e. The Morgan fingerprint density at radius 3 is 2.71 bits per heavy atom. The zero-order valence-corrected chi connectivity index (χ0v) is 19.9. The van der Waals surface area contributed by atoms with E-state index in [4.69, 9.17) is 0 Å². The molecule has 0 saturated carbocycles. The van der Waals surface area contributed by atoms with Gasteiger partial charge in [-0.1, -0.05) is 12.1 Å². The normalized spacial score (nSPS) is 16.5. The standard InChI is InChI=1S/C22H26F2N6.HI/c1-15-5-4-11-30-14-16(27-21(15)30)8-10-26-22(25-2)28-17-9-12-29(13-17)20-18(23)6-3-7-19(20)24;/h3-7,11,14,17H,8-10,12-13H2,1-2H3,(H2,25,26,28);1H. The summed E-state index contributed by atoms with van der Waals surface area (Å²) in [4.78, 5) is 10.7. The highest BCUT2D eigenvalue weighted by Gasteiger charge is 2.27. The van der Waals surface area contributed by atoms with Gasteiger partial charge >= 0.3 is 0 Å². The number of fused-ring (bicyclic) bond motifs is 1. The van der Waals surface area contributed by atoms with E-state index in [0.717, 1.165) is 29.7 Å². The monoisotopic (exact) mass is 540 g/mol. The molecule has 2 N–H and O–H groups in total. The van der Waals surface area contributed by atoms with Gasteiger partial charge in [-0.25, -0.2) is 13.8 Å². The number of nitrogens with zero attached hydrogens (tertiary/aromatic N) is 4. The summed E-state index contributed by atoms with van der Waals surface area (Å²) in [5.74, 6) is -0.377. The predicted molar refractivity (Wildman–Crippen MR) is 131 cm³/mol. The van der Waals surface area contributed by atoms with Crippen molar-refractivity contribution in [1.29, 1.82) is 0 Å². The first-order chi connectivity index (χ1) is 14.5. The maximum Gasteiger partial charge on any atom is 0.191 e. The van der Waals surface area contributed by atoms with E-state index in [-0.39, 0.29) is 35.7 Å². The fraction of sp³-hybridized carbons (Fsp3) is 0.364. The molecular formula is C22H27F2IN6. The van der Waals surface area contributed by atoms with E-state index in [1.54, 1.807) is 11.9 Å². The SMILES string of the molecule is CN=C(NCCc1cn2cccc(C)c2n1)NC1CCN(c2c(F)cccc2F)C1.I.